The summed E-state index contributed by atoms with van der Waals surface area (Å²) in [5.41, 5.74) is 9.71. The fourth-order valence-corrected chi connectivity index (χ4v) is 3.44. The van der Waals surface area contributed by atoms with Crippen LogP contribution in [-0.2, 0) is 15.5 Å². The van der Waals surface area contributed by atoms with E-state index in [-0.39, 0.29) is 5.91 Å². The van der Waals surface area contributed by atoms with Crippen LogP contribution in [0, 0.1) is 0 Å². The molecule has 0 fully saturated rings. The number of thiophene rings is 1. The van der Waals surface area contributed by atoms with Crippen LogP contribution >= 0.6 is 20.0 Å². The molecule has 1 heterocycles. The first-order valence-corrected chi connectivity index (χ1v) is 9.88. The van der Waals surface area contributed by atoms with Gasteiger partial charge in [0.15, 0.2) is 8.69 Å². The Hall–Kier alpha value is -2.40. The number of nitrogen functional groups attached to an aromatic ring is 1. The highest BCUT2D eigenvalue weighted by Crippen LogP contribution is 2.30. The van der Waals surface area contributed by atoms with E-state index in [0.29, 0.717) is 30.0 Å². The highest BCUT2D eigenvalue weighted by Gasteiger charge is 2.10. The molecule has 0 aliphatic heterocycles. The zero-order chi connectivity index (χ0) is 18.4. The first-order valence-electron chi connectivity index (χ1n) is 8.06. The van der Waals surface area contributed by atoms with Crippen LogP contribution in [0.3, 0.4) is 0 Å². The number of anilines is 2. The van der Waals surface area contributed by atoms with E-state index in [1.54, 1.807) is 29.5 Å². The molecule has 1 aromatic heterocycles. The number of benzene rings is 2. The third-order valence-electron chi connectivity index (χ3n) is 3.90. The minimum absolute atomic E-state index is 0.216. The van der Waals surface area contributed by atoms with Crippen molar-refractivity contribution >= 4 is 37.3 Å². The first-order chi connectivity index (χ1) is 12.7. The van der Waals surface area contributed by atoms with Crippen LogP contribution in [0.25, 0.3) is 10.4 Å². The van der Waals surface area contributed by atoms with Crippen molar-refractivity contribution in [1.29, 1.82) is 0 Å². The minimum atomic E-state index is -1.18. The number of nitrogens with two attached hydrogens (primary N) is 1. The van der Waals surface area contributed by atoms with Crippen molar-refractivity contribution in [3.8, 4) is 10.4 Å². The molecule has 0 spiro atoms. The smallest absolute Gasteiger partial charge is 0.255 e. The molecule has 0 saturated heterocycles. The lowest BCUT2D eigenvalue weighted by Crippen LogP contribution is -2.13. The molecule has 1 amide bonds. The topological polar surface area (TPSA) is 81.4 Å². The molecule has 3 rings (SSSR count). The van der Waals surface area contributed by atoms with E-state index in [9.17, 15) is 9.36 Å². The van der Waals surface area contributed by atoms with E-state index in [4.69, 9.17) is 10.3 Å². The van der Waals surface area contributed by atoms with Gasteiger partial charge in [0.2, 0.25) is 0 Å². The van der Waals surface area contributed by atoms with Crippen molar-refractivity contribution in [2.75, 3.05) is 17.7 Å². The lowest BCUT2D eigenvalue weighted by atomic mass is 10.1. The monoisotopic (exact) mass is 386 g/mol. The largest absolute Gasteiger partial charge is 0.397 e. The van der Waals surface area contributed by atoms with Gasteiger partial charge in [-0.15, -0.1) is 11.3 Å². The first kappa shape index (κ1) is 18.4. The van der Waals surface area contributed by atoms with E-state index < -0.39 is 8.69 Å². The average molecular weight is 386 g/mol. The standard InChI is InChI=1S/C19H19N2O3PS/c20-16-8-7-15(18-2-1-11-26-18)12-17(16)21-19(22)14-5-3-13(4-6-14)9-10-24-25-23/h1-8,11-12H,9-10,20,25H2,(H,21,22). The predicted octanol–water partition coefficient (Wildman–Crippen LogP) is 4.48. The Kier molecular flexibility index (Phi) is 6.23. The summed E-state index contributed by atoms with van der Waals surface area (Å²) in [5, 5.41) is 4.89. The Balaban J connectivity index is 1.71. The molecule has 3 aromatic rings. The summed E-state index contributed by atoms with van der Waals surface area (Å²) in [5.74, 6) is -0.216. The lowest BCUT2D eigenvalue weighted by Gasteiger charge is -2.10. The molecule has 0 aliphatic carbocycles. The maximum Gasteiger partial charge on any atom is 0.255 e. The van der Waals surface area contributed by atoms with Gasteiger partial charge in [0.1, 0.15) is 0 Å². The second-order valence-corrected chi connectivity index (χ2v) is 7.12. The van der Waals surface area contributed by atoms with Crippen molar-refractivity contribution < 1.29 is 13.9 Å². The summed E-state index contributed by atoms with van der Waals surface area (Å²) in [7, 11) is -1.18. The molecular weight excluding hydrogens is 367 g/mol. The number of nitrogens with one attached hydrogen (secondary N) is 1. The maximum atomic E-state index is 12.5. The summed E-state index contributed by atoms with van der Waals surface area (Å²) in [4.78, 5) is 13.6. The third-order valence-corrected chi connectivity index (χ3v) is 5.19. The zero-order valence-electron chi connectivity index (χ0n) is 14.0. The van der Waals surface area contributed by atoms with Gasteiger partial charge in [0, 0.05) is 10.4 Å². The Morgan fingerprint density at radius 3 is 2.65 bits per heavy atom. The van der Waals surface area contributed by atoms with Crippen molar-refractivity contribution in [2.45, 2.75) is 6.42 Å². The molecule has 1 atom stereocenters. The summed E-state index contributed by atoms with van der Waals surface area (Å²) in [6.07, 6.45) is 0.660. The molecule has 7 heteroatoms. The van der Waals surface area contributed by atoms with Gasteiger partial charge >= 0.3 is 0 Å². The number of rotatable bonds is 7. The van der Waals surface area contributed by atoms with Gasteiger partial charge in [-0.3, -0.25) is 9.36 Å². The molecule has 3 N–H and O–H groups in total. The number of amides is 1. The molecule has 0 aliphatic rings. The van der Waals surface area contributed by atoms with E-state index in [2.05, 4.69) is 5.32 Å². The van der Waals surface area contributed by atoms with E-state index in [1.807, 2.05) is 41.8 Å². The van der Waals surface area contributed by atoms with Crippen LogP contribution in [0.2, 0.25) is 0 Å². The molecule has 0 bridgehead atoms. The number of hydrogen-bond acceptors (Lipinski definition) is 5. The molecule has 5 nitrogen and oxygen atoms in total. The van der Waals surface area contributed by atoms with Crippen LogP contribution in [0.4, 0.5) is 11.4 Å². The van der Waals surface area contributed by atoms with Gasteiger partial charge in [-0.2, -0.15) is 0 Å². The highest BCUT2D eigenvalue weighted by atomic mass is 32.1. The predicted molar refractivity (Wildman–Crippen MR) is 109 cm³/mol. The normalized spacial score (nSPS) is 11.1. The van der Waals surface area contributed by atoms with Crippen LogP contribution in [-0.4, -0.2) is 12.5 Å². The molecule has 26 heavy (non-hydrogen) atoms. The van der Waals surface area contributed by atoms with Crippen LogP contribution in [0.15, 0.2) is 60.0 Å². The average Bonchev–Trinajstić information content (AvgIpc) is 3.19. The number of carbonyl (C=O) groups is 1. The quantitative estimate of drug-likeness (QED) is 0.356. The minimum Gasteiger partial charge on any atom is -0.397 e. The summed E-state index contributed by atoms with van der Waals surface area (Å²) in [6.45, 7) is 0.413. The van der Waals surface area contributed by atoms with E-state index in [0.717, 1.165) is 16.0 Å². The Bertz CT molecular complexity index is 896. The molecule has 134 valence electrons. The Morgan fingerprint density at radius 2 is 1.96 bits per heavy atom. The summed E-state index contributed by atoms with van der Waals surface area (Å²) < 4.78 is 15.2. The van der Waals surface area contributed by atoms with Gasteiger partial charge < -0.3 is 15.6 Å². The fraction of sp³-hybridized carbons (Fsp3) is 0.105. The van der Waals surface area contributed by atoms with E-state index >= 15 is 0 Å². The molecule has 0 radical (unpaired) electrons. The second-order valence-electron chi connectivity index (χ2n) is 5.65. The molecule has 1 unspecified atom stereocenters. The highest BCUT2D eigenvalue weighted by molar-refractivity contribution is 7.17. The lowest BCUT2D eigenvalue weighted by molar-refractivity contribution is 0.102. The Labute approximate surface area is 157 Å². The molecule has 0 saturated carbocycles. The van der Waals surface area contributed by atoms with Gasteiger partial charge in [0.05, 0.1) is 18.0 Å². The van der Waals surface area contributed by atoms with Crippen molar-refractivity contribution in [3.05, 3.63) is 71.1 Å². The molecule has 2 aromatic carbocycles. The third kappa shape index (κ3) is 4.61. The van der Waals surface area contributed by atoms with E-state index in [1.165, 1.54) is 0 Å². The number of hydrogen-bond donors (Lipinski definition) is 2. The zero-order valence-corrected chi connectivity index (χ0v) is 15.9. The van der Waals surface area contributed by atoms with Crippen molar-refractivity contribution in [3.63, 3.8) is 0 Å². The van der Waals surface area contributed by atoms with Crippen molar-refractivity contribution in [1.82, 2.24) is 0 Å². The summed E-state index contributed by atoms with van der Waals surface area (Å²) in [6, 6.07) is 16.9. The molecular formula is C19H19N2O3PS. The van der Waals surface area contributed by atoms with Crippen molar-refractivity contribution in [2.24, 2.45) is 0 Å². The number of carbonyl (C=O) groups excluding carboxylic acids is 1. The van der Waals surface area contributed by atoms with Crippen LogP contribution in [0.5, 0.6) is 0 Å². The maximum absolute atomic E-state index is 12.5. The van der Waals surface area contributed by atoms with Gasteiger partial charge in [-0.25, -0.2) is 0 Å². The SMILES string of the molecule is Nc1ccc(-c2cccs2)cc1NC(=O)c1ccc(CCO[PH2]=O)cc1. The van der Waals surface area contributed by atoms with Gasteiger partial charge in [0.25, 0.3) is 5.91 Å². The fourth-order valence-electron chi connectivity index (χ4n) is 2.50. The van der Waals surface area contributed by atoms with Crippen LogP contribution < -0.4 is 11.1 Å². The van der Waals surface area contributed by atoms with Crippen LogP contribution in [0.1, 0.15) is 15.9 Å². The Morgan fingerprint density at radius 1 is 1.15 bits per heavy atom. The summed E-state index contributed by atoms with van der Waals surface area (Å²) >= 11 is 1.63. The van der Waals surface area contributed by atoms with Gasteiger partial charge in [-0.05, 0) is 53.3 Å². The second kappa shape index (κ2) is 8.81. The van der Waals surface area contributed by atoms with Gasteiger partial charge in [-0.1, -0.05) is 24.3 Å².